The Morgan fingerprint density at radius 3 is 2.50 bits per heavy atom. The summed E-state index contributed by atoms with van der Waals surface area (Å²) in [6.45, 7) is 1.42. The van der Waals surface area contributed by atoms with Gasteiger partial charge in [0.15, 0.2) is 5.12 Å². The van der Waals surface area contributed by atoms with Gasteiger partial charge in [0.1, 0.15) is 12.1 Å². The number of benzene rings is 2. The van der Waals surface area contributed by atoms with Gasteiger partial charge in [-0.05, 0) is 42.4 Å². The van der Waals surface area contributed by atoms with Crippen LogP contribution in [0.3, 0.4) is 0 Å². The van der Waals surface area contributed by atoms with E-state index in [9.17, 15) is 24.3 Å². The Morgan fingerprint density at radius 2 is 1.79 bits per heavy atom. The van der Waals surface area contributed by atoms with E-state index in [-0.39, 0.29) is 23.5 Å². The first kappa shape index (κ1) is 24.0. The summed E-state index contributed by atoms with van der Waals surface area (Å²) in [6, 6.07) is 14.9. The van der Waals surface area contributed by atoms with E-state index < -0.39 is 29.2 Å². The number of carboxylic acids is 1. The number of nitrogens with one attached hydrogen (secondary N) is 1. The van der Waals surface area contributed by atoms with Crippen LogP contribution in [0.4, 0.5) is 0 Å². The lowest BCUT2D eigenvalue weighted by molar-refractivity contribution is -0.156. The van der Waals surface area contributed by atoms with Gasteiger partial charge in [-0.1, -0.05) is 66.4 Å². The van der Waals surface area contributed by atoms with Crippen LogP contribution in [0.2, 0.25) is 0 Å². The third-order valence-corrected chi connectivity index (χ3v) is 7.48. The molecule has 8 heteroatoms. The maximum atomic E-state index is 13.7. The van der Waals surface area contributed by atoms with E-state index in [4.69, 9.17) is 0 Å². The number of piperidine rings is 1. The molecule has 3 unspecified atom stereocenters. The molecule has 2 N–H and O–H groups in total. The highest BCUT2D eigenvalue weighted by atomic mass is 32.2. The van der Waals surface area contributed by atoms with Crippen molar-refractivity contribution in [2.45, 2.75) is 62.4 Å². The zero-order valence-electron chi connectivity index (χ0n) is 19.0. The number of hydrogen-bond acceptors (Lipinski definition) is 5. The summed E-state index contributed by atoms with van der Waals surface area (Å²) >= 11 is 0.941. The molecule has 0 radical (unpaired) electrons. The van der Waals surface area contributed by atoms with Crippen LogP contribution in [-0.4, -0.2) is 50.2 Å². The van der Waals surface area contributed by atoms with Crippen molar-refractivity contribution >= 4 is 34.7 Å². The van der Waals surface area contributed by atoms with Gasteiger partial charge in [0.05, 0.1) is 11.3 Å². The molecule has 2 aromatic carbocycles. The second-order valence-corrected chi connectivity index (χ2v) is 10.2. The summed E-state index contributed by atoms with van der Waals surface area (Å²) < 4.78 is 0. The van der Waals surface area contributed by atoms with Gasteiger partial charge in [-0.2, -0.15) is 0 Å². The lowest BCUT2D eigenvalue weighted by Gasteiger charge is -2.40. The molecular formula is C26H28N2O5S. The number of carboxylic acid groups (broad SMARTS) is 1. The smallest absolute Gasteiger partial charge is 0.326 e. The first-order chi connectivity index (χ1) is 16.3. The van der Waals surface area contributed by atoms with Gasteiger partial charge < -0.3 is 15.3 Å². The SMILES string of the molecule is CC(=O)S[C@@H](Cc1ccccc1)C(=O)NC1Cc2ccccc2C2CCCC(C(=O)O)N2C1=O. The number of aliphatic carboxylic acids is 1. The fourth-order valence-electron chi connectivity index (χ4n) is 4.98. The molecule has 2 heterocycles. The molecule has 1 saturated heterocycles. The molecule has 2 aromatic rings. The van der Waals surface area contributed by atoms with Gasteiger partial charge in [0.2, 0.25) is 11.8 Å². The number of amides is 2. The van der Waals surface area contributed by atoms with E-state index >= 15 is 0 Å². The number of thioether (sulfide) groups is 1. The van der Waals surface area contributed by atoms with Gasteiger partial charge in [-0.3, -0.25) is 14.4 Å². The molecule has 0 spiro atoms. The van der Waals surface area contributed by atoms with Crippen LogP contribution < -0.4 is 5.32 Å². The van der Waals surface area contributed by atoms with Crippen molar-refractivity contribution in [2.75, 3.05) is 0 Å². The number of carbonyl (C=O) groups excluding carboxylic acids is 3. The Balaban J connectivity index is 1.63. The molecule has 0 saturated carbocycles. The molecule has 2 aliphatic rings. The van der Waals surface area contributed by atoms with E-state index in [0.29, 0.717) is 25.7 Å². The first-order valence-corrected chi connectivity index (χ1v) is 12.4. The molecule has 7 nitrogen and oxygen atoms in total. The minimum Gasteiger partial charge on any atom is -0.480 e. The lowest BCUT2D eigenvalue weighted by Crippen LogP contribution is -2.56. The molecule has 2 aliphatic heterocycles. The normalized spacial score (nSPS) is 22.7. The molecule has 0 bridgehead atoms. The van der Waals surface area contributed by atoms with Crippen molar-refractivity contribution in [3.63, 3.8) is 0 Å². The molecular weight excluding hydrogens is 452 g/mol. The second-order valence-electron chi connectivity index (χ2n) is 8.80. The summed E-state index contributed by atoms with van der Waals surface area (Å²) in [4.78, 5) is 52.4. The Hall–Kier alpha value is -3.13. The van der Waals surface area contributed by atoms with Crippen LogP contribution in [-0.2, 0) is 32.0 Å². The zero-order valence-corrected chi connectivity index (χ0v) is 19.8. The van der Waals surface area contributed by atoms with Crippen LogP contribution in [0.25, 0.3) is 0 Å². The van der Waals surface area contributed by atoms with Crippen molar-refractivity contribution in [1.82, 2.24) is 10.2 Å². The van der Waals surface area contributed by atoms with Crippen molar-refractivity contribution in [3.8, 4) is 0 Å². The fraction of sp³-hybridized carbons (Fsp3) is 0.385. The molecule has 2 amide bonds. The Bertz CT molecular complexity index is 1090. The highest BCUT2D eigenvalue weighted by molar-refractivity contribution is 8.14. The summed E-state index contributed by atoms with van der Waals surface area (Å²) in [5, 5.41) is 11.8. The first-order valence-electron chi connectivity index (χ1n) is 11.5. The van der Waals surface area contributed by atoms with Crippen LogP contribution in [0, 0.1) is 0 Å². The lowest BCUT2D eigenvalue weighted by atomic mass is 9.89. The van der Waals surface area contributed by atoms with Crippen LogP contribution in [0.15, 0.2) is 54.6 Å². The number of rotatable bonds is 6. The molecule has 4 atom stereocenters. The van der Waals surface area contributed by atoms with E-state index in [1.54, 1.807) is 0 Å². The predicted molar refractivity (Wildman–Crippen MR) is 129 cm³/mol. The van der Waals surface area contributed by atoms with Crippen molar-refractivity contribution in [3.05, 3.63) is 71.3 Å². The summed E-state index contributed by atoms with van der Waals surface area (Å²) in [7, 11) is 0. The van der Waals surface area contributed by atoms with E-state index in [0.717, 1.165) is 28.5 Å². The van der Waals surface area contributed by atoms with Crippen LogP contribution >= 0.6 is 11.8 Å². The summed E-state index contributed by atoms with van der Waals surface area (Å²) in [5.74, 6) is -1.81. The Morgan fingerprint density at radius 1 is 1.09 bits per heavy atom. The quantitative estimate of drug-likeness (QED) is 0.659. The molecule has 34 heavy (non-hydrogen) atoms. The highest BCUT2D eigenvalue weighted by Gasteiger charge is 2.44. The van der Waals surface area contributed by atoms with E-state index in [2.05, 4.69) is 5.32 Å². The minimum atomic E-state index is -1.03. The van der Waals surface area contributed by atoms with Gasteiger partial charge in [-0.15, -0.1) is 0 Å². The monoisotopic (exact) mass is 480 g/mol. The maximum absolute atomic E-state index is 13.7. The third kappa shape index (κ3) is 5.17. The average molecular weight is 481 g/mol. The number of hydrogen-bond donors (Lipinski definition) is 2. The van der Waals surface area contributed by atoms with Gasteiger partial charge in [-0.25, -0.2) is 4.79 Å². The maximum Gasteiger partial charge on any atom is 0.326 e. The van der Waals surface area contributed by atoms with E-state index in [1.807, 2.05) is 54.6 Å². The fourth-order valence-corrected chi connectivity index (χ4v) is 5.83. The van der Waals surface area contributed by atoms with Crippen LogP contribution in [0.1, 0.15) is 48.9 Å². The van der Waals surface area contributed by atoms with E-state index in [1.165, 1.54) is 11.8 Å². The van der Waals surface area contributed by atoms with Crippen molar-refractivity contribution in [1.29, 1.82) is 0 Å². The third-order valence-electron chi connectivity index (χ3n) is 6.48. The van der Waals surface area contributed by atoms with Gasteiger partial charge >= 0.3 is 5.97 Å². The molecule has 4 rings (SSSR count). The van der Waals surface area contributed by atoms with Crippen molar-refractivity contribution in [2.24, 2.45) is 0 Å². The number of nitrogens with zero attached hydrogens (tertiary/aromatic N) is 1. The number of fused-ring (bicyclic) bond motifs is 3. The second kappa shape index (κ2) is 10.4. The van der Waals surface area contributed by atoms with Gasteiger partial charge in [0.25, 0.3) is 0 Å². The standard InChI is InChI=1S/C26H28N2O5S/c1-16(29)34-23(14-17-8-3-2-4-9-17)24(30)27-20-15-18-10-5-6-11-19(18)21-12-7-13-22(26(32)33)28(21)25(20)31/h2-6,8-11,20-23H,7,12-15H2,1H3,(H,27,30)(H,32,33)/t20?,21?,22?,23-/m0/s1. The average Bonchev–Trinajstić information content (AvgIpc) is 2.94. The Labute approximate surface area is 202 Å². The predicted octanol–water partition coefficient (Wildman–Crippen LogP) is 3.13. The van der Waals surface area contributed by atoms with Crippen molar-refractivity contribution < 1.29 is 24.3 Å². The zero-order chi connectivity index (χ0) is 24.2. The summed E-state index contributed by atoms with van der Waals surface area (Å²) in [5.41, 5.74) is 2.78. The molecule has 0 aliphatic carbocycles. The largest absolute Gasteiger partial charge is 0.480 e. The van der Waals surface area contributed by atoms with Gasteiger partial charge in [0, 0.05) is 13.3 Å². The summed E-state index contributed by atoms with van der Waals surface area (Å²) in [6.07, 6.45) is 2.41. The Kier molecular flexibility index (Phi) is 7.36. The molecule has 0 aromatic heterocycles. The number of carbonyl (C=O) groups is 4. The molecule has 178 valence electrons. The van der Waals surface area contributed by atoms with Crippen LogP contribution in [0.5, 0.6) is 0 Å². The molecule has 1 fully saturated rings. The topological polar surface area (TPSA) is 104 Å². The minimum absolute atomic E-state index is 0.185. The highest BCUT2D eigenvalue weighted by Crippen LogP contribution is 2.39.